The van der Waals surface area contributed by atoms with E-state index in [1.54, 1.807) is 6.20 Å². The molecule has 1 N–H and O–H groups in total. The Bertz CT molecular complexity index is 670. The van der Waals surface area contributed by atoms with Crippen LogP contribution in [0.3, 0.4) is 0 Å². The number of hydrogen-bond donors (Lipinski definition) is 1. The summed E-state index contributed by atoms with van der Waals surface area (Å²) in [5, 5.41) is 2.78. The van der Waals surface area contributed by atoms with Crippen molar-refractivity contribution in [2.75, 3.05) is 0 Å². The largest absolute Gasteiger partial charge is 0.349 e. The number of carbonyl (C=O) groups is 1. The van der Waals surface area contributed by atoms with Crippen molar-refractivity contribution in [1.29, 1.82) is 0 Å². The van der Waals surface area contributed by atoms with Crippen molar-refractivity contribution in [2.45, 2.75) is 45.7 Å². The zero-order chi connectivity index (χ0) is 16.8. The maximum absolute atomic E-state index is 13.8. The predicted molar refractivity (Wildman–Crippen MR) is 83.7 cm³/mol. The zero-order valence-corrected chi connectivity index (χ0v) is 13.4. The second-order valence-electron chi connectivity index (χ2n) is 5.47. The Balaban J connectivity index is 1.89. The van der Waals surface area contributed by atoms with Crippen LogP contribution in [0.15, 0.2) is 30.6 Å². The summed E-state index contributed by atoms with van der Waals surface area (Å²) in [5.74, 6) is -0.283. The van der Waals surface area contributed by atoms with Crippen molar-refractivity contribution in [3.05, 3.63) is 53.6 Å². The van der Waals surface area contributed by atoms with Gasteiger partial charge < -0.3 is 9.88 Å². The zero-order valence-electron chi connectivity index (χ0n) is 13.4. The molecule has 1 amide bonds. The van der Waals surface area contributed by atoms with E-state index in [0.29, 0.717) is 25.8 Å². The van der Waals surface area contributed by atoms with E-state index < -0.39 is 17.7 Å². The molecular weight excluding hydrogens is 300 g/mol. The van der Waals surface area contributed by atoms with Gasteiger partial charge in [0.2, 0.25) is 5.91 Å². The second kappa shape index (κ2) is 7.85. The Labute approximate surface area is 134 Å². The molecule has 0 spiro atoms. The minimum absolute atomic E-state index is 0.168. The van der Waals surface area contributed by atoms with Gasteiger partial charge in [0.05, 0.1) is 6.04 Å². The fraction of sp³-hybridized carbons (Fsp3) is 0.412. The lowest BCUT2D eigenvalue weighted by molar-refractivity contribution is -0.122. The van der Waals surface area contributed by atoms with Crippen LogP contribution in [0.25, 0.3) is 0 Å². The first kappa shape index (κ1) is 17.1. The van der Waals surface area contributed by atoms with E-state index in [0.717, 1.165) is 24.0 Å². The van der Waals surface area contributed by atoms with Crippen LogP contribution < -0.4 is 5.32 Å². The molecule has 0 fully saturated rings. The van der Waals surface area contributed by atoms with Crippen LogP contribution >= 0.6 is 0 Å². The minimum atomic E-state index is -0.520. The molecule has 23 heavy (non-hydrogen) atoms. The smallest absolute Gasteiger partial charge is 0.220 e. The SMILES string of the molecule is CC[C@H](NC(=O)CCCn1ccnc1C)c1cc(F)ccc1F. The van der Waals surface area contributed by atoms with Crippen LogP contribution in [0.2, 0.25) is 0 Å². The Kier molecular flexibility index (Phi) is 5.84. The average Bonchev–Trinajstić information content (AvgIpc) is 2.93. The third-order valence-electron chi connectivity index (χ3n) is 3.80. The number of benzene rings is 1. The maximum Gasteiger partial charge on any atom is 0.220 e. The van der Waals surface area contributed by atoms with E-state index in [9.17, 15) is 13.6 Å². The van der Waals surface area contributed by atoms with E-state index in [1.165, 1.54) is 0 Å². The topological polar surface area (TPSA) is 46.9 Å². The number of rotatable bonds is 7. The van der Waals surface area contributed by atoms with E-state index in [2.05, 4.69) is 10.3 Å². The minimum Gasteiger partial charge on any atom is -0.349 e. The summed E-state index contributed by atoms with van der Waals surface area (Å²) in [4.78, 5) is 16.2. The summed E-state index contributed by atoms with van der Waals surface area (Å²) in [7, 11) is 0. The fourth-order valence-electron chi connectivity index (χ4n) is 2.50. The van der Waals surface area contributed by atoms with Crippen molar-refractivity contribution in [3.63, 3.8) is 0 Å². The molecule has 124 valence electrons. The van der Waals surface area contributed by atoms with E-state index in [4.69, 9.17) is 0 Å². The van der Waals surface area contributed by atoms with Crippen LogP contribution in [0.1, 0.15) is 43.6 Å². The lowest BCUT2D eigenvalue weighted by Gasteiger charge is -2.18. The normalized spacial score (nSPS) is 12.2. The van der Waals surface area contributed by atoms with Crippen molar-refractivity contribution < 1.29 is 13.6 Å². The number of carbonyl (C=O) groups excluding carboxylic acids is 1. The number of aryl methyl sites for hydroxylation is 2. The van der Waals surface area contributed by atoms with Gasteiger partial charge in [0, 0.05) is 30.9 Å². The first-order chi connectivity index (χ1) is 11.0. The highest BCUT2D eigenvalue weighted by atomic mass is 19.1. The fourth-order valence-corrected chi connectivity index (χ4v) is 2.50. The predicted octanol–water partition coefficient (Wildman–Crippen LogP) is 3.52. The molecule has 1 aromatic heterocycles. The second-order valence-corrected chi connectivity index (χ2v) is 5.47. The van der Waals surface area contributed by atoms with Crippen molar-refractivity contribution in [3.8, 4) is 0 Å². The molecule has 0 saturated carbocycles. The third-order valence-corrected chi connectivity index (χ3v) is 3.80. The molecule has 0 aliphatic heterocycles. The van der Waals surface area contributed by atoms with Gasteiger partial charge in [-0.1, -0.05) is 6.92 Å². The number of hydrogen-bond acceptors (Lipinski definition) is 2. The highest BCUT2D eigenvalue weighted by Crippen LogP contribution is 2.21. The average molecular weight is 321 g/mol. The summed E-state index contributed by atoms with van der Waals surface area (Å²) in [6.45, 7) is 4.43. The van der Waals surface area contributed by atoms with E-state index >= 15 is 0 Å². The lowest BCUT2D eigenvalue weighted by Crippen LogP contribution is -2.28. The van der Waals surface area contributed by atoms with Gasteiger partial charge in [0.25, 0.3) is 0 Å². The number of imidazole rings is 1. The number of halogens is 2. The van der Waals surface area contributed by atoms with Gasteiger partial charge in [-0.2, -0.15) is 0 Å². The molecule has 1 heterocycles. The van der Waals surface area contributed by atoms with Gasteiger partial charge in [-0.05, 0) is 38.0 Å². The standard InChI is InChI=1S/C17H21F2N3O/c1-3-16(14-11-13(18)6-7-15(14)19)21-17(23)5-4-9-22-10-8-20-12(22)2/h6-8,10-11,16H,3-5,9H2,1-2H3,(H,21,23)/t16-/m0/s1. The van der Waals surface area contributed by atoms with Crippen LogP contribution in [0.4, 0.5) is 8.78 Å². The number of nitrogens with zero attached hydrogens (tertiary/aromatic N) is 2. The summed E-state index contributed by atoms with van der Waals surface area (Å²) in [6.07, 6.45) is 5.06. The quantitative estimate of drug-likeness (QED) is 0.848. The molecule has 0 saturated heterocycles. The molecule has 0 aliphatic rings. The molecule has 0 aliphatic carbocycles. The Hall–Kier alpha value is -2.24. The van der Waals surface area contributed by atoms with E-state index in [-0.39, 0.29) is 11.5 Å². The molecule has 1 aromatic carbocycles. The van der Waals surface area contributed by atoms with Gasteiger partial charge in [-0.15, -0.1) is 0 Å². The number of aromatic nitrogens is 2. The molecular formula is C17H21F2N3O. The van der Waals surface area contributed by atoms with Gasteiger partial charge in [0.15, 0.2) is 0 Å². The first-order valence-corrected chi connectivity index (χ1v) is 7.73. The summed E-state index contributed by atoms with van der Waals surface area (Å²) < 4.78 is 29.1. The Morgan fingerprint density at radius 3 is 2.83 bits per heavy atom. The van der Waals surface area contributed by atoms with Gasteiger partial charge in [-0.25, -0.2) is 13.8 Å². The number of amides is 1. The first-order valence-electron chi connectivity index (χ1n) is 7.73. The van der Waals surface area contributed by atoms with Gasteiger partial charge in [0.1, 0.15) is 17.5 Å². The molecule has 0 bridgehead atoms. The summed E-state index contributed by atoms with van der Waals surface area (Å²) in [6, 6.07) is 2.77. The highest BCUT2D eigenvalue weighted by molar-refractivity contribution is 5.76. The van der Waals surface area contributed by atoms with E-state index in [1.807, 2.05) is 24.6 Å². The van der Waals surface area contributed by atoms with Gasteiger partial charge >= 0.3 is 0 Å². The molecule has 0 unspecified atom stereocenters. The lowest BCUT2D eigenvalue weighted by atomic mass is 10.0. The summed E-state index contributed by atoms with van der Waals surface area (Å²) >= 11 is 0. The molecule has 6 heteroatoms. The number of nitrogens with one attached hydrogen (secondary N) is 1. The maximum atomic E-state index is 13.8. The van der Waals surface area contributed by atoms with Crippen molar-refractivity contribution in [1.82, 2.24) is 14.9 Å². The summed E-state index contributed by atoms with van der Waals surface area (Å²) in [5.41, 5.74) is 0.186. The van der Waals surface area contributed by atoms with Gasteiger partial charge in [-0.3, -0.25) is 4.79 Å². The molecule has 1 atom stereocenters. The molecule has 2 rings (SSSR count). The highest BCUT2D eigenvalue weighted by Gasteiger charge is 2.17. The van der Waals surface area contributed by atoms with Crippen LogP contribution in [0, 0.1) is 18.6 Å². The monoisotopic (exact) mass is 321 g/mol. The Morgan fingerprint density at radius 1 is 1.39 bits per heavy atom. The van der Waals surface area contributed by atoms with Crippen molar-refractivity contribution >= 4 is 5.91 Å². The molecule has 4 nitrogen and oxygen atoms in total. The van der Waals surface area contributed by atoms with Crippen molar-refractivity contribution in [2.24, 2.45) is 0 Å². The van der Waals surface area contributed by atoms with Crippen LogP contribution in [-0.4, -0.2) is 15.5 Å². The van der Waals surface area contributed by atoms with Crippen LogP contribution in [0.5, 0.6) is 0 Å². The van der Waals surface area contributed by atoms with Crippen LogP contribution in [-0.2, 0) is 11.3 Å². The molecule has 0 radical (unpaired) electrons. The molecule has 2 aromatic rings. The third kappa shape index (κ3) is 4.61. The Morgan fingerprint density at radius 2 is 2.17 bits per heavy atom.